The highest BCUT2D eigenvalue weighted by Crippen LogP contribution is 2.21. The van der Waals surface area contributed by atoms with Gasteiger partial charge in [0.05, 0.1) is 57.3 Å². The molecule has 0 radical (unpaired) electrons. The van der Waals surface area contributed by atoms with E-state index in [1.807, 2.05) is 4.90 Å². The summed E-state index contributed by atoms with van der Waals surface area (Å²) in [7, 11) is -10.4. The Balaban J connectivity index is 1.39. The van der Waals surface area contributed by atoms with Gasteiger partial charge in [-0.05, 0) is 0 Å². The maximum atomic E-state index is 12.7. The highest BCUT2D eigenvalue weighted by atomic mass is 32.2. The van der Waals surface area contributed by atoms with E-state index in [1.165, 1.54) is 12.9 Å². The third kappa shape index (κ3) is 4.02. The molecular formula is C12H24N6O6S3. The Kier molecular flexibility index (Phi) is 5.04. The Morgan fingerprint density at radius 3 is 1.89 bits per heavy atom. The number of nitrogens with zero attached hydrogens (tertiary/aromatic N) is 6. The van der Waals surface area contributed by atoms with Crippen LogP contribution in [-0.4, -0.2) is 130 Å². The van der Waals surface area contributed by atoms with Crippen molar-refractivity contribution in [3.8, 4) is 0 Å². The van der Waals surface area contributed by atoms with Crippen LogP contribution in [0, 0.1) is 0 Å². The van der Waals surface area contributed by atoms with Crippen molar-refractivity contribution in [2.45, 2.75) is 0 Å². The number of sulfonamides is 3. The first kappa shape index (κ1) is 19.9. The largest absolute Gasteiger partial charge is 0.275 e. The topological polar surface area (TPSA) is 122 Å². The molecule has 156 valence electrons. The van der Waals surface area contributed by atoms with Gasteiger partial charge < -0.3 is 0 Å². The van der Waals surface area contributed by atoms with Crippen LogP contribution in [0.25, 0.3) is 0 Å². The Morgan fingerprint density at radius 2 is 1.26 bits per heavy atom. The van der Waals surface area contributed by atoms with Gasteiger partial charge in [0, 0.05) is 19.6 Å². The van der Waals surface area contributed by atoms with Gasteiger partial charge in [0.15, 0.2) is 0 Å². The summed E-state index contributed by atoms with van der Waals surface area (Å²) < 4.78 is 77.4. The minimum absolute atomic E-state index is 0.00874. The summed E-state index contributed by atoms with van der Waals surface area (Å²) in [4.78, 5) is 5.55. The lowest BCUT2D eigenvalue weighted by Crippen LogP contribution is -2.64. The zero-order valence-corrected chi connectivity index (χ0v) is 17.3. The molecule has 15 heteroatoms. The predicted molar refractivity (Wildman–Crippen MR) is 96.2 cm³/mol. The quantitative estimate of drug-likeness (QED) is 0.436. The summed E-state index contributed by atoms with van der Waals surface area (Å²) >= 11 is 0. The van der Waals surface area contributed by atoms with E-state index in [4.69, 9.17) is 0 Å². The third-order valence-corrected chi connectivity index (χ3v) is 10.5. The first-order valence-corrected chi connectivity index (χ1v) is 13.5. The smallest absolute Gasteiger partial charge is 0.217 e. The van der Waals surface area contributed by atoms with E-state index in [2.05, 4.69) is 0 Å². The minimum Gasteiger partial charge on any atom is -0.275 e. The van der Waals surface area contributed by atoms with Gasteiger partial charge in [0.25, 0.3) is 0 Å². The van der Waals surface area contributed by atoms with Gasteiger partial charge in [-0.1, -0.05) is 0 Å². The molecule has 0 aliphatic carbocycles. The number of hydrogen-bond acceptors (Lipinski definition) is 9. The molecule has 4 rings (SSSR count). The molecule has 27 heavy (non-hydrogen) atoms. The van der Waals surface area contributed by atoms with E-state index in [1.54, 1.807) is 9.80 Å². The molecule has 4 heterocycles. The van der Waals surface area contributed by atoms with Gasteiger partial charge in [-0.25, -0.2) is 25.3 Å². The van der Waals surface area contributed by atoms with Crippen LogP contribution < -0.4 is 0 Å². The van der Waals surface area contributed by atoms with Gasteiger partial charge in [0.1, 0.15) is 0 Å². The first-order chi connectivity index (χ1) is 12.6. The SMILES string of the molecule is O=S1(=O)CCN2CN(CCS(=O)(=O)N3CN4CCS(=O)(=O)N(C4)C3)CN1C2. The monoisotopic (exact) mass is 444 g/mol. The number of hydrogen-bond donors (Lipinski definition) is 0. The number of rotatable bonds is 4. The van der Waals surface area contributed by atoms with E-state index in [0.717, 1.165) is 0 Å². The van der Waals surface area contributed by atoms with Crippen LogP contribution in [0.1, 0.15) is 0 Å². The van der Waals surface area contributed by atoms with Gasteiger partial charge in [0.2, 0.25) is 30.1 Å². The van der Waals surface area contributed by atoms with Gasteiger partial charge in [-0.2, -0.15) is 12.9 Å². The maximum absolute atomic E-state index is 12.7. The van der Waals surface area contributed by atoms with Crippen molar-refractivity contribution in [1.82, 2.24) is 27.6 Å². The van der Waals surface area contributed by atoms with E-state index < -0.39 is 30.1 Å². The lowest BCUT2D eigenvalue weighted by molar-refractivity contribution is 0.0109. The Bertz CT molecular complexity index is 906. The van der Waals surface area contributed by atoms with Crippen LogP contribution in [0.4, 0.5) is 0 Å². The molecule has 4 atom stereocenters. The second-order valence-corrected chi connectivity index (χ2v) is 13.6. The van der Waals surface area contributed by atoms with E-state index >= 15 is 0 Å². The molecule has 0 amide bonds. The summed E-state index contributed by atoms with van der Waals surface area (Å²) in [6.07, 6.45) is 0. The lowest BCUT2D eigenvalue weighted by Gasteiger charge is -2.45. The second-order valence-electron chi connectivity index (χ2n) is 7.34. The summed E-state index contributed by atoms with van der Waals surface area (Å²) in [6.45, 7) is 2.24. The molecule has 4 unspecified atom stereocenters. The van der Waals surface area contributed by atoms with Crippen molar-refractivity contribution in [3.05, 3.63) is 0 Å². The van der Waals surface area contributed by atoms with E-state index in [-0.39, 0.29) is 50.5 Å². The van der Waals surface area contributed by atoms with E-state index in [0.29, 0.717) is 26.4 Å². The highest BCUT2D eigenvalue weighted by Gasteiger charge is 2.41. The molecule has 4 fully saturated rings. The summed E-state index contributed by atoms with van der Waals surface area (Å²) in [5.74, 6) is -0.0850. The van der Waals surface area contributed by atoms with Gasteiger partial charge in [-0.3, -0.25) is 14.7 Å². The van der Waals surface area contributed by atoms with Gasteiger partial charge >= 0.3 is 0 Å². The Morgan fingerprint density at radius 1 is 0.704 bits per heavy atom. The van der Waals surface area contributed by atoms with Crippen LogP contribution in [-0.2, 0) is 30.1 Å². The zero-order chi connectivity index (χ0) is 19.4. The van der Waals surface area contributed by atoms with Crippen molar-refractivity contribution >= 4 is 30.1 Å². The molecule has 0 aromatic heterocycles. The summed E-state index contributed by atoms with van der Waals surface area (Å²) in [5, 5.41) is 0. The molecular weight excluding hydrogens is 420 g/mol. The van der Waals surface area contributed by atoms with Crippen LogP contribution in [0.15, 0.2) is 0 Å². The van der Waals surface area contributed by atoms with Crippen molar-refractivity contribution in [2.75, 3.05) is 76.9 Å². The zero-order valence-electron chi connectivity index (χ0n) is 14.8. The molecule has 0 saturated carbocycles. The van der Waals surface area contributed by atoms with Crippen LogP contribution in [0.5, 0.6) is 0 Å². The van der Waals surface area contributed by atoms with Crippen molar-refractivity contribution < 1.29 is 25.3 Å². The van der Waals surface area contributed by atoms with Gasteiger partial charge in [-0.15, -0.1) is 0 Å². The minimum atomic E-state index is -3.67. The average Bonchev–Trinajstić information content (AvgIpc) is 2.61. The Labute approximate surface area is 160 Å². The summed E-state index contributed by atoms with van der Waals surface area (Å²) in [5.41, 5.74) is 0. The fourth-order valence-corrected chi connectivity index (χ4v) is 7.99. The van der Waals surface area contributed by atoms with Crippen LogP contribution in [0.3, 0.4) is 0 Å². The molecule has 4 bridgehead atoms. The lowest BCUT2D eigenvalue weighted by atomic mass is 10.5. The Hall–Kier alpha value is -0.390. The predicted octanol–water partition coefficient (Wildman–Crippen LogP) is -3.41. The van der Waals surface area contributed by atoms with Crippen LogP contribution in [0.2, 0.25) is 0 Å². The van der Waals surface area contributed by atoms with Crippen molar-refractivity contribution in [1.29, 1.82) is 0 Å². The third-order valence-electron chi connectivity index (χ3n) is 5.32. The average molecular weight is 445 g/mol. The molecule has 12 nitrogen and oxygen atoms in total. The fourth-order valence-electron chi connectivity index (χ4n) is 3.69. The van der Waals surface area contributed by atoms with E-state index in [9.17, 15) is 25.3 Å². The molecule has 4 aliphatic heterocycles. The molecule has 0 aromatic carbocycles. The van der Waals surface area contributed by atoms with Crippen molar-refractivity contribution in [3.63, 3.8) is 0 Å². The standard InChI is InChI=1S/C12H24N6O6S3/c19-25(20)4-1-13-7-14(9-16(25)8-13)2-5-26(21,22)17-10-15-3-6-27(23,24)18(11-15)12-17/h1-12H2. The first-order valence-electron chi connectivity index (χ1n) is 8.66. The molecule has 0 N–H and O–H groups in total. The van der Waals surface area contributed by atoms with Crippen molar-refractivity contribution in [2.24, 2.45) is 0 Å². The molecule has 0 aromatic rings. The molecule has 4 saturated heterocycles. The number of fused-ring (bicyclic) bond motifs is 4. The second kappa shape index (κ2) is 6.84. The maximum Gasteiger partial charge on any atom is 0.217 e. The highest BCUT2D eigenvalue weighted by molar-refractivity contribution is 7.90. The van der Waals surface area contributed by atoms with Crippen LogP contribution >= 0.6 is 0 Å². The molecule has 4 aliphatic rings. The summed E-state index contributed by atoms with van der Waals surface area (Å²) in [6, 6.07) is 0. The molecule has 0 spiro atoms. The normalized spacial score (nSPS) is 39.1. The fraction of sp³-hybridized carbons (Fsp3) is 1.00.